The van der Waals surface area contributed by atoms with E-state index in [-0.39, 0.29) is 17.2 Å². The Balaban J connectivity index is 2.39. The van der Waals surface area contributed by atoms with Crippen molar-refractivity contribution >= 4 is 33.8 Å². The summed E-state index contributed by atoms with van der Waals surface area (Å²) in [5.74, 6) is -0.892. The standard InChI is InChI=1S/C13H21N5O2S/c1-16-12(20)10-9(14)8(11(15)19)13(21-10)18-5-4-7(6-18)17(2)3/h7H,4-6,14H2,1-3H3,(H2,15,19)(H,16,20). The van der Waals surface area contributed by atoms with E-state index in [1.165, 1.54) is 18.4 Å². The van der Waals surface area contributed by atoms with Crippen LogP contribution in [-0.4, -0.2) is 57.0 Å². The molecule has 2 rings (SSSR count). The van der Waals surface area contributed by atoms with Crippen LogP contribution in [0, 0.1) is 0 Å². The van der Waals surface area contributed by atoms with Gasteiger partial charge in [0.05, 0.1) is 11.3 Å². The molecule has 21 heavy (non-hydrogen) atoms. The molecule has 1 aromatic heterocycles. The topological polar surface area (TPSA) is 105 Å². The first-order chi connectivity index (χ1) is 9.86. The summed E-state index contributed by atoms with van der Waals surface area (Å²) >= 11 is 1.23. The molecule has 7 nitrogen and oxygen atoms in total. The highest BCUT2D eigenvalue weighted by Crippen LogP contribution is 2.39. The van der Waals surface area contributed by atoms with Crippen LogP contribution < -0.4 is 21.7 Å². The number of carbonyl (C=O) groups excluding carboxylic acids is 2. The largest absolute Gasteiger partial charge is 0.397 e. The van der Waals surface area contributed by atoms with E-state index in [9.17, 15) is 9.59 Å². The highest BCUT2D eigenvalue weighted by molar-refractivity contribution is 7.19. The molecule has 0 radical (unpaired) electrons. The molecule has 0 saturated carbocycles. The van der Waals surface area contributed by atoms with Gasteiger partial charge in [0.1, 0.15) is 9.88 Å². The van der Waals surface area contributed by atoms with E-state index in [1.54, 1.807) is 0 Å². The first-order valence-electron chi connectivity index (χ1n) is 6.72. The van der Waals surface area contributed by atoms with Crippen molar-refractivity contribution < 1.29 is 9.59 Å². The lowest BCUT2D eigenvalue weighted by Gasteiger charge is -2.21. The highest BCUT2D eigenvalue weighted by atomic mass is 32.1. The van der Waals surface area contributed by atoms with Gasteiger partial charge in [-0.1, -0.05) is 0 Å². The van der Waals surface area contributed by atoms with E-state index in [4.69, 9.17) is 11.5 Å². The summed E-state index contributed by atoms with van der Waals surface area (Å²) in [4.78, 5) is 28.1. The normalized spacial score (nSPS) is 18.3. The minimum absolute atomic E-state index is 0.176. The van der Waals surface area contributed by atoms with Crippen LogP contribution in [0.2, 0.25) is 0 Å². The van der Waals surface area contributed by atoms with Crippen LogP contribution in [-0.2, 0) is 0 Å². The molecule has 0 aliphatic carbocycles. The molecule has 116 valence electrons. The van der Waals surface area contributed by atoms with Gasteiger partial charge in [-0.05, 0) is 20.5 Å². The van der Waals surface area contributed by atoms with Crippen molar-refractivity contribution in [1.82, 2.24) is 10.2 Å². The second kappa shape index (κ2) is 5.90. The van der Waals surface area contributed by atoms with Crippen LogP contribution in [0.3, 0.4) is 0 Å². The molecule has 2 amide bonds. The van der Waals surface area contributed by atoms with Gasteiger partial charge in [-0.2, -0.15) is 0 Å². The number of anilines is 2. The molecule has 0 spiro atoms. The smallest absolute Gasteiger partial charge is 0.263 e. The van der Waals surface area contributed by atoms with Gasteiger partial charge in [-0.3, -0.25) is 9.59 Å². The predicted octanol–water partition coefficient (Wildman–Crippen LogP) is -0.0709. The maximum absolute atomic E-state index is 11.9. The minimum Gasteiger partial charge on any atom is -0.397 e. The Morgan fingerprint density at radius 1 is 1.43 bits per heavy atom. The quantitative estimate of drug-likeness (QED) is 0.722. The third-order valence-corrected chi connectivity index (χ3v) is 5.05. The average Bonchev–Trinajstić information content (AvgIpc) is 3.01. The molecule has 1 aromatic rings. The number of hydrogen-bond donors (Lipinski definition) is 3. The first kappa shape index (κ1) is 15.6. The lowest BCUT2D eigenvalue weighted by Crippen LogP contribution is -2.31. The zero-order valence-corrected chi connectivity index (χ0v) is 13.3. The summed E-state index contributed by atoms with van der Waals surface area (Å²) in [7, 11) is 5.59. The van der Waals surface area contributed by atoms with Crippen LogP contribution in [0.5, 0.6) is 0 Å². The molecule has 1 saturated heterocycles. The Morgan fingerprint density at radius 2 is 2.10 bits per heavy atom. The van der Waals surface area contributed by atoms with Crippen LogP contribution in [0.25, 0.3) is 0 Å². The maximum atomic E-state index is 11.9. The summed E-state index contributed by atoms with van der Waals surface area (Å²) < 4.78 is 0. The lowest BCUT2D eigenvalue weighted by molar-refractivity contribution is 0.0967. The van der Waals surface area contributed by atoms with Crippen LogP contribution >= 0.6 is 11.3 Å². The Kier molecular flexibility index (Phi) is 4.38. The fraction of sp³-hybridized carbons (Fsp3) is 0.538. The Bertz CT molecular complexity index is 569. The fourth-order valence-corrected chi connectivity index (χ4v) is 3.73. The number of nitrogen functional groups attached to an aromatic ring is 1. The van der Waals surface area contributed by atoms with Gasteiger partial charge in [0.15, 0.2) is 0 Å². The van der Waals surface area contributed by atoms with E-state index in [0.29, 0.717) is 15.9 Å². The number of thiophene rings is 1. The van der Waals surface area contributed by atoms with E-state index >= 15 is 0 Å². The second-order valence-corrected chi connectivity index (χ2v) is 6.32. The highest BCUT2D eigenvalue weighted by Gasteiger charge is 2.31. The fourth-order valence-electron chi connectivity index (χ4n) is 2.52. The molecule has 1 aliphatic rings. The summed E-state index contributed by atoms with van der Waals surface area (Å²) in [6.07, 6.45) is 0.998. The van der Waals surface area contributed by atoms with Crippen molar-refractivity contribution in [2.45, 2.75) is 12.5 Å². The van der Waals surface area contributed by atoms with Crippen molar-refractivity contribution in [3.8, 4) is 0 Å². The monoisotopic (exact) mass is 311 g/mol. The molecular weight excluding hydrogens is 290 g/mol. The van der Waals surface area contributed by atoms with Crippen molar-refractivity contribution in [2.75, 3.05) is 44.9 Å². The van der Waals surface area contributed by atoms with Gasteiger partial charge in [0, 0.05) is 26.2 Å². The van der Waals surface area contributed by atoms with Crippen LogP contribution in [0.4, 0.5) is 10.7 Å². The van der Waals surface area contributed by atoms with Gasteiger partial charge in [0.2, 0.25) is 0 Å². The summed E-state index contributed by atoms with van der Waals surface area (Å²) in [6, 6.07) is 0.414. The van der Waals surface area contributed by atoms with Crippen LogP contribution in [0.1, 0.15) is 26.5 Å². The zero-order valence-electron chi connectivity index (χ0n) is 12.5. The zero-order chi connectivity index (χ0) is 15.7. The number of nitrogens with one attached hydrogen (secondary N) is 1. The molecule has 8 heteroatoms. The third-order valence-electron chi connectivity index (χ3n) is 3.79. The minimum atomic E-state index is -0.595. The molecular formula is C13H21N5O2S. The van der Waals surface area contributed by atoms with E-state index in [0.717, 1.165) is 19.5 Å². The number of hydrogen-bond acceptors (Lipinski definition) is 6. The molecule has 1 unspecified atom stereocenters. The third kappa shape index (κ3) is 2.81. The van der Waals surface area contributed by atoms with Gasteiger partial charge in [-0.15, -0.1) is 11.3 Å². The Labute approximate surface area is 127 Å². The number of carbonyl (C=O) groups is 2. The van der Waals surface area contributed by atoms with Gasteiger partial charge in [0.25, 0.3) is 11.8 Å². The SMILES string of the molecule is CNC(=O)c1sc(N2CCC(N(C)C)C2)c(C(N)=O)c1N. The second-order valence-electron chi connectivity index (χ2n) is 5.32. The number of primary amides is 1. The summed E-state index contributed by atoms with van der Waals surface area (Å²) in [5.41, 5.74) is 11.8. The lowest BCUT2D eigenvalue weighted by atomic mass is 10.2. The van der Waals surface area contributed by atoms with Crippen molar-refractivity contribution in [3.63, 3.8) is 0 Å². The molecule has 0 aromatic carbocycles. The van der Waals surface area contributed by atoms with E-state index < -0.39 is 5.91 Å². The van der Waals surface area contributed by atoms with Gasteiger partial charge in [-0.25, -0.2) is 0 Å². The summed E-state index contributed by atoms with van der Waals surface area (Å²) in [5, 5.41) is 3.23. The van der Waals surface area contributed by atoms with Crippen molar-refractivity contribution in [2.24, 2.45) is 5.73 Å². The predicted molar refractivity (Wildman–Crippen MR) is 84.9 cm³/mol. The molecule has 0 bridgehead atoms. The molecule has 2 heterocycles. The number of nitrogens with two attached hydrogens (primary N) is 2. The van der Waals surface area contributed by atoms with Gasteiger partial charge < -0.3 is 26.6 Å². The number of rotatable bonds is 4. The number of amides is 2. The van der Waals surface area contributed by atoms with E-state index in [2.05, 4.69) is 15.1 Å². The Hall–Kier alpha value is -1.80. The van der Waals surface area contributed by atoms with E-state index in [1.807, 2.05) is 14.1 Å². The van der Waals surface area contributed by atoms with Crippen molar-refractivity contribution in [1.29, 1.82) is 0 Å². The first-order valence-corrected chi connectivity index (χ1v) is 7.54. The summed E-state index contributed by atoms with van der Waals surface area (Å²) in [6.45, 7) is 1.61. The number of likely N-dealkylation sites (N-methyl/N-ethyl adjacent to an activating group) is 1. The number of nitrogens with zero attached hydrogens (tertiary/aromatic N) is 2. The average molecular weight is 311 g/mol. The van der Waals surface area contributed by atoms with Gasteiger partial charge >= 0.3 is 0 Å². The molecule has 5 N–H and O–H groups in total. The Morgan fingerprint density at radius 3 is 2.57 bits per heavy atom. The van der Waals surface area contributed by atoms with Crippen molar-refractivity contribution in [3.05, 3.63) is 10.4 Å². The molecule has 1 atom stereocenters. The molecule has 1 aliphatic heterocycles. The van der Waals surface area contributed by atoms with Crippen LogP contribution in [0.15, 0.2) is 0 Å². The maximum Gasteiger partial charge on any atom is 0.263 e. The molecule has 1 fully saturated rings.